The maximum atomic E-state index is 5.13. The molecule has 0 amide bonds. The number of hydrogen-bond acceptors (Lipinski definition) is 3. The minimum atomic E-state index is 0.490. The van der Waals surface area contributed by atoms with E-state index in [4.69, 9.17) is 17.3 Å². The van der Waals surface area contributed by atoms with E-state index in [9.17, 15) is 0 Å². The summed E-state index contributed by atoms with van der Waals surface area (Å²) in [5.74, 6) is 0. The van der Waals surface area contributed by atoms with Crippen LogP contribution in [0.15, 0.2) is 70.4 Å². The molecule has 3 aromatic rings. The molecule has 0 unspecified atom stereocenters. The summed E-state index contributed by atoms with van der Waals surface area (Å²) >= 11 is 8.60. The molecule has 2 N–H and O–H groups in total. The van der Waals surface area contributed by atoms with Crippen LogP contribution in [0, 0.1) is 0 Å². The first-order chi connectivity index (χ1) is 12.7. The van der Waals surface area contributed by atoms with Crippen molar-refractivity contribution in [2.24, 2.45) is 5.10 Å². The first-order valence-corrected chi connectivity index (χ1v) is 9.35. The second kappa shape index (κ2) is 8.73. The SMILES string of the molecule is CCNC(=S)N/N=C\c1cn(-c2ccccc2)nc1-c1ccc(Br)cc1. The van der Waals surface area contributed by atoms with E-state index in [-0.39, 0.29) is 0 Å². The van der Waals surface area contributed by atoms with Gasteiger partial charge in [0.25, 0.3) is 0 Å². The Balaban J connectivity index is 1.95. The summed E-state index contributed by atoms with van der Waals surface area (Å²) in [6.45, 7) is 2.73. The Bertz CT molecular complexity index is 903. The van der Waals surface area contributed by atoms with Gasteiger partial charge in [-0.2, -0.15) is 10.2 Å². The Morgan fingerprint density at radius 3 is 2.62 bits per heavy atom. The predicted molar refractivity (Wildman–Crippen MR) is 114 cm³/mol. The number of rotatable bonds is 5. The Kier molecular flexibility index (Phi) is 6.14. The number of hydrazone groups is 1. The molecule has 0 aliphatic rings. The molecule has 0 aliphatic heterocycles. The van der Waals surface area contributed by atoms with Crippen LogP contribution in [0.4, 0.5) is 0 Å². The number of thiocarbonyl (C=S) groups is 1. The van der Waals surface area contributed by atoms with E-state index in [1.807, 2.05) is 72.4 Å². The lowest BCUT2D eigenvalue weighted by molar-refractivity contribution is 0.884. The predicted octanol–water partition coefficient (Wildman–Crippen LogP) is 4.12. The summed E-state index contributed by atoms with van der Waals surface area (Å²) in [7, 11) is 0. The topological polar surface area (TPSA) is 54.2 Å². The quantitative estimate of drug-likeness (QED) is 0.365. The number of halogens is 1. The smallest absolute Gasteiger partial charge is 0.186 e. The van der Waals surface area contributed by atoms with E-state index in [0.717, 1.165) is 33.5 Å². The van der Waals surface area contributed by atoms with Crippen molar-refractivity contribution in [1.29, 1.82) is 0 Å². The fraction of sp³-hybridized carbons (Fsp3) is 0.105. The van der Waals surface area contributed by atoms with Crippen molar-refractivity contribution in [2.75, 3.05) is 6.54 Å². The highest BCUT2D eigenvalue weighted by Crippen LogP contribution is 2.24. The van der Waals surface area contributed by atoms with E-state index in [2.05, 4.69) is 31.8 Å². The molecule has 0 aliphatic carbocycles. The molecule has 0 radical (unpaired) electrons. The second-order valence-corrected chi connectivity index (χ2v) is 6.77. The monoisotopic (exact) mass is 427 g/mol. The Labute approximate surface area is 166 Å². The molecule has 1 heterocycles. The molecule has 3 rings (SSSR count). The van der Waals surface area contributed by atoms with Crippen LogP contribution in [-0.2, 0) is 0 Å². The van der Waals surface area contributed by atoms with E-state index in [1.54, 1.807) is 6.21 Å². The summed E-state index contributed by atoms with van der Waals surface area (Å²) in [6.07, 6.45) is 3.68. The summed E-state index contributed by atoms with van der Waals surface area (Å²) in [5, 5.41) is 12.5. The van der Waals surface area contributed by atoms with Gasteiger partial charge >= 0.3 is 0 Å². The van der Waals surface area contributed by atoms with Crippen LogP contribution < -0.4 is 10.7 Å². The van der Waals surface area contributed by atoms with Crippen LogP contribution in [0.2, 0.25) is 0 Å². The molecule has 0 saturated heterocycles. The second-order valence-electron chi connectivity index (χ2n) is 5.45. The van der Waals surface area contributed by atoms with Gasteiger partial charge in [-0.25, -0.2) is 4.68 Å². The summed E-state index contributed by atoms with van der Waals surface area (Å²) in [5.41, 5.74) is 6.55. The zero-order chi connectivity index (χ0) is 18.4. The first kappa shape index (κ1) is 18.3. The average molecular weight is 428 g/mol. The lowest BCUT2D eigenvalue weighted by atomic mass is 10.1. The molecule has 7 heteroatoms. The maximum Gasteiger partial charge on any atom is 0.186 e. The van der Waals surface area contributed by atoms with Crippen LogP contribution in [0.5, 0.6) is 0 Å². The van der Waals surface area contributed by atoms with Gasteiger partial charge in [0.05, 0.1) is 11.9 Å². The molecule has 0 bridgehead atoms. The molecular formula is C19H18BrN5S. The van der Waals surface area contributed by atoms with E-state index < -0.39 is 0 Å². The largest absolute Gasteiger partial charge is 0.362 e. The van der Waals surface area contributed by atoms with Crippen LogP contribution in [0.25, 0.3) is 16.9 Å². The molecular weight excluding hydrogens is 410 g/mol. The minimum absolute atomic E-state index is 0.490. The third-order valence-corrected chi connectivity index (χ3v) is 4.35. The summed E-state index contributed by atoms with van der Waals surface area (Å²) in [6, 6.07) is 18.0. The molecule has 0 spiro atoms. The maximum absolute atomic E-state index is 5.13. The van der Waals surface area contributed by atoms with E-state index in [1.165, 1.54) is 0 Å². The van der Waals surface area contributed by atoms with Crippen LogP contribution in [0.3, 0.4) is 0 Å². The van der Waals surface area contributed by atoms with E-state index in [0.29, 0.717) is 5.11 Å². The van der Waals surface area contributed by atoms with Crippen LogP contribution >= 0.6 is 28.1 Å². The number of nitrogens with zero attached hydrogens (tertiary/aromatic N) is 3. The Hall–Kier alpha value is -2.51. The minimum Gasteiger partial charge on any atom is -0.362 e. The third kappa shape index (κ3) is 4.56. The fourth-order valence-electron chi connectivity index (χ4n) is 2.39. The Morgan fingerprint density at radius 1 is 1.19 bits per heavy atom. The summed E-state index contributed by atoms with van der Waals surface area (Å²) < 4.78 is 2.87. The number of nitrogens with one attached hydrogen (secondary N) is 2. The fourth-order valence-corrected chi connectivity index (χ4v) is 2.85. The summed E-state index contributed by atoms with van der Waals surface area (Å²) in [4.78, 5) is 0. The van der Waals surface area contributed by atoms with Crippen molar-refractivity contribution < 1.29 is 0 Å². The van der Waals surface area contributed by atoms with Gasteiger partial charge in [0.2, 0.25) is 0 Å². The van der Waals surface area contributed by atoms with Gasteiger partial charge in [-0.05, 0) is 43.4 Å². The highest BCUT2D eigenvalue weighted by atomic mass is 79.9. The molecule has 26 heavy (non-hydrogen) atoms. The standard InChI is InChI=1S/C19H18BrN5S/c1-2-21-19(26)23-22-12-15-13-25(17-6-4-3-5-7-17)24-18(15)14-8-10-16(20)11-9-14/h3-13H,2H2,1H3,(H2,21,23,26)/b22-12-. The lowest BCUT2D eigenvalue weighted by Gasteiger charge is -2.02. The highest BCUT2D eigenvalue weighted by Gasteiger charge is 2.11. The first-order valence-electron chi connectivity index (χ1n) is 8.15. The van der Waals surface area contributed by atoms with Gasteiger partial charge in [-0.1, -0.05) is 46.3 Å². The molecule has 132 valence electrons. The lowest BCUT2D eigenvalue weighted by Crippen LogP contribution is -2.31. The number of para-hydroxylation sites is 1. The molecule has 0 fully saturated rings. The van der Waals surface area contributed by atoms with Crippen molar-refractivity contribution in [3.63, 3.8) is 0 Å². The highest BCUT2D eigenvalue weighted by molar-refractivity contribution is 9.10. The number of benzene rings is 2. The van der Waals surface area contributed by atoms with Crippen molar-refractivity contribution in [3.05, 3.63) is 70.8 Å². The zero-order valence-corrected chi connectivity index (χ0v) is 16.6. The average Bonchev–Trinajstić information content (AvgIpc) is 3.07. The third-order valence-electron chi connectivity index (χ3n) is 3.59. The van der Waals surface area contributed by atoms with Gasteiger partial charge < -0.3 is 5.32 Å². The van der Waals surface area contributed by atoms with Crippen LogP contribution in [-0.4, -0.2) is 27.7 Å². The number of aromatic nitrogens is 2. The van der Waals surface area contributed by atoms with Gasteiger partial charge in [-0.15, -0.1) is 0 Å². The van der Waals surface area contributed by atoms with Crippen molar-refractivity contribution in [2.45, 2.75) is 6.92 Å². The normalized spacial score (nSPS) is 10.8. The van der Waals surface area contributed by atoms with Crippen molar-refractivity contribution in [1.82, 2.24) is 20.5 Å². The van der Waals surface area contributed by atoms with Crippen molar-refractivity contribution >= 4 is 39.5 Å². The number of hydrogen-bond donors (Lipinski definition) is 2. The van der Waals surface area contributed by atoms with Crippen molar-refractivity contribution in [3.8, 4) is 16.9 Å². The van der Waals surface area contributed by atoms with Crippen LogP contribution in [0.1, 0.15) is 12.5 Å². The molecule has 0 atom stereocenters. The zero-order valence-electron chi connectivity index (χ0n) is 14.2. The van der Waals surface area contributed by atoms with Gasteiger partial charge in [-0.3, -0.25) is 5.43 Å². The molecule has 1 aromatic heterocycles. The Morgan fingerprint density at radius 2 is 1.92 bits per heavy atom. The molecule has 5 nitrogen and oxygen atoms in total. The van der Waals surface area contributed by atoms with E-state index >= 15 is 0 Å². The van der Waals surface area contributed by atoms with Gasteiger partial charge in [0, 0.05) is 28.3 Å². The molecule has 0 saturated carbocycles. The van der Waals surface area contributed by atoms with Gasteiger partial charge in [0.1, 0.15) is 5.69 Å². The molecule has 2 aromatic carbocycles. The van der Waals surface area contributed by atoms with Gasteiger partial charge in [0.15, 0.2) is 5.11 Å².